The number of rotatable bonds is 5. The maximum Gasteiger partial charge on any atom is 0.140 e. The first-order valence-electron chi connectivity index (χ1n) is 6.03. The molecule has 0 spiro atoms. The molecular weight excluding hydrogens is 302 g/mol. The van der Waals surface area contributed by atoms with Crippen molar-refractivity contribution in [3.63, 3.8) is 0 Å². The molecule has 0 radical (unpaired) electrons. The Labute approximate surface area is 116 Å². The molecule has 5 heteroatoms. The van der Waals surface area contributed by atoms with Gasteiger partial charge < -0.3 is 10.2 Å². The van der Waals surface area contributed by atoms with E-state index < -0.39 is 0 Å². The summed E-state index contributed by atoms with van der Waals surface area (Å²) >= 11 is 9.28. The van der Waals surface area contributed by atoms with Crippen LogP contribution in [0.2, 0.25) is 5.02 Å². The summed E-state index contributed by atoms with van der Waals surface area (Å²) in [5.74, 6) is 0.871. The highest BCUT2D eigenvalue weighted by atomic mass is 79.9. The summed E-state index contributed by atoms with van der Waals surface area (Å²) in [5, 5.41) is 3.97. The van der Waals surface area contributed by atoms with Gasteiger partial charge in [0, 0.05) is 12.7 Å². The van der Waals surface area contributed by atoms with E-state index in [2.05, 4.69) is 31.1 Å². The molecule has 0 unspecified atom stereocenters. The number of aromatic nitrogens is 1. The number of likely N-dealkylation sites (tertiary alicyclic amines) is 1. The Morgan fingerprint density at radius 3 is 2.88 bits per heavy atom. The van der Waals surface area contributed by atoms with Gasteiger partial charge in [0.15, 0.2) is 0 Å². The Balaban J connectivity index is 1.70. The van der Waals surface area contributed by atoms with Crippen LogP contribution in [0.1, 0.15) is 19.3 Å². The van der Waals surface area contributed by atoms with Crippen LogP contribution in [-0.4, -0.2) is 36.1 Å². The lowest BCUT2D eigenvalue weighted by atomic mass is 10.3. The minimum atomic E-state index is 0.652. The molecule has 1 aliphatic heterocycles. The van der Waals surface area contributed by atoms with Gasteiger partial charge in [0.1, 0.15) is 5.82 Å². The van der Waals surface area contributed by atoms with Crippen LogP contribution in [0, 0.1) is 0 Å². The van der Waals surface area contributed by atoms with Crippen molar-refractivity contribution in [1.82, 2.24) is 9.88 Å². The molecule has 17 heavy (non-hydrogen) atoms. The fraction of sp³-hybridized carbons (Fsp3) is 0.583. The summed E-state index contributed by atoms with van der Waals surface area (Å²) < 4.78 is 0.922. The van der Waals surface area contributed by atoms with E-state index in [1.165, 1.54) is 32.5 Å². The summed E-state index contributed by atoms with van der Waals surface area (Å²) in [7, 11) is 0. The molecule has 94 valence electrons. The third kappa shape index (κ3) is 4.12. The van der Waals surface area contributed by atoms with Gasteiger partial charge in [-0.15, -0.1) is 0 Å². The molecule has 0 atom stereocenters. The minimum absolute atomic E-state index is 0.652. The number of anilines is 1. The molecular formula is C12H17BrClN3. The van der Waals surface area contributed by atoms with Gasteiger partial charge in [-0.25, -0.2) is 4.98 Å². The van der Waals surface area contributed by atoms with Gasteiger partial charge in [-0.3, -0.25) is 0 Å². The number of hydrogen-bond donors (Lipinski definition) is 1. The van der Waals surface area contributed by atoms with Crippen LogP contribution < -0.4 is 5.32 Å². The summed E-state index contributed by atoms with van der Waals surface area (Å²) in [5.41, 5.74) is 0. The van der Waals surface area contributed by atoms with Crippen molar-refractivity contribution in [2.75, 3.05) is 31.5 Å². The molecule has 2 heterocycles. The molecule has 1 fully saturated rings. The second kappa shape index (κ2) is 6.57. The first kappa shape index (κ1) is 13.1. The van der Waals surface area contributed by atoms with Crippen molar-refractivity contribution in [2.45, 2.75) is 19.3 Å². The largest absolute Gasteiger partial charge is 0.369 e. The fourth-order valence-corrected chi connectivity index (χ4v) is 2.84. The number of pyridine rings is 1. The average Bonchev–Trinajstić information content (AvgIpc) is 2.79. The molecule has 1 N–H and O–H groups in total. The standard InChI is InChI=1S/C12H17BrClN3/c13-11-8-10(14)9-16-12(11)15-4-3-7-17-5-1-2-6-17/h8-9H,1-7H2,(H,15,16). The summed E-state index contributed by atoms with van der Waals surface area (Å²) in [4.78, 5) is 6.76. The SMILES string of the molecule is Clc1cnc(NCCCN2CCCC2)c(Br)c1. The van der Waals surface area contributed by atoms with E-state index in [0.29, 0.717) is 5.02 Å². The fourth-order valence-electron chi connectivity index (χ4n) is 2.06. The molecule has 1 aromatic rings. The predicted octanol–water partition coefficient (Wildman–Crippen LogP) is 3.40. The molecule has 0 amide bonds. The normalized spacial score (nSPS) is 16.4. The highest BCUT2D eigenvalue weighted by molar-refractivity contribution is 9.10. The predicted molar refractivity (Wildman–Crippen MR) is 75.7 cm³/mol. The molecule has 1 saturated heterocycles. The van der Waals surface area contributed by atoms with Gasteiger partial charge in [-0.1, -0.05) is 11.6 Å². The number of halogens is 2. The molecule has 1 aliphatic rings. The molecule has 0 bridgehead atoms. The smallest absolute Gasteiger partial charge is 0.140 e. The zero-order chi connectivity index (χ0) is 12.1. The molecule has 0 saturated carbocycles. The molecule has 2 rings (SSSR count). The number of nitrogens with zero attached hydrogens (tertiary/aromatic N) is 2. The molecule has 0 aliphatic carbocycles. The molecule has 1 aromatic heterocycles. The Morgan fingerprint density at radius 2 is 2.18 bits per heavy atom. The van der Waals surface area contributed by atoms with Crippen LogP contribution >= 0.6 is 27.5 Å². The molecule has 3 nitrogen and oxygen atoms in total. The maximum absolute atomic E-state index is 5.84. The van der Waals surface area contributed by atoms with Crippen LogP contribution in [-0.2, 0) is 0 Å². The van der Waals surface area contributed by atoms with E-state index in [4.69, 9.17) is 11.6 Å². The highest BCUT2D eigenvalue weighted by Crippen LogP contribution is 2.22. The zero-order valence-corrected chi connectivity index (χ0v) is 12.1. The van der Waals surface area contributed by atoms with Gasteiger partial charge in [0.2, 0.25) is 0 Å². The first-order chi connectivity index (χ1) is 8.25. The van der Waals surface area contributed by atoms with Crippen LogP contribution in [0.4, 0.5) is 5.82 Å². The summed E-state index contributed by atoms with van der Waals surface area (Å²) in [6.45, 7) is 4.66. The van der Waals surface area contributed by atoms with Gasteiger partial charge in [-0.2, -0.15) is 0 Å². The van der Waals surface area contributed by atoms with Crippen LogP contribution in [0.25, 0.3) is 0 Å². The van der Waals surface area contributed by atoms with Gasteiger partial charge >= 0.3 is 0 Å². The Kier molecular flexibility index (Phi) is 5.07. The lowest BCUT2D eigenvalue weighted by molar-refractivity contribution is 0.337. The monoisotopic (exact) mass is 317 g/mol. The minimum Gasteiger partial charge on any atom is -0.369 e. The highest BCUT2D eigenvalue weighted by Gasteiger charge is 2.10. The second-order valence-corrected chi connectivity index (χ2v) is 5.60. The van der Waals surface area contributed by atoms with Crippen LogP contribution in [0.5, 0.6) is 0 Å². The van der Waals surface area contributed by atoms with Gasteiger partial charge in [0.05, 0.1) is 9.50 Å². The van der Waals surface area contributed by atoms with Gasteiger partial charge in [0.25, 0.3) is 0 Å². The Hall–Kier alpha value is -0.320. The van der Waals surface area contributed by atoms with E-state index in [1.54, 1.807) is 6.20 Å². The summed E-state index contributed by atoms with van der Waals surface area (Å²) in [6, 6.07) is 1.86. The van der Waals surface area contributed by atoms with Crippen molar-refractivity contribution in [2.24, 2.45) is 0 Å². The Bertz CT molecular complexity index is 367. The van der Waals surface area contributed by atoms with E-state index >= 15 is 0 Å². The lowest BCUT2D eigenvalue weighted by Gasteiger charge is -2.14. The first-order valence-corrected chi connectivity index (χ1v) is 7.20. The van der Waals surface area contributed by atoms with E-state index in [1.807, 2.05) is 6.07 Å². The third-order valence-electron chi connectivity index (χ3n) is 2.95. The summed E-state index contributed by atoms with van der Waals surface area (Å²) in [6.07, 6.45) is 5.53. The number of hydrogen-bond acceptors (Lipinski definition) is 3. The molecule has 0 aromatic carbocycles. The second-order valence-electron chi connectivity index (χ2n) is 4.31. The van der Waals surface area contributed by atoms with Crippen molar-refractivity contribution >= 4 is 33.3 Å². The van der Waals surface area contributed by atoms with E-state index in [0.717, 1.165) is 23.3 Å². The van der Waals surface area contributed by atoms with Crippen molar-refractivity contribution < 1.29 is 0 Å². The topological polar surface area (TPSA) is 28.2 Å². The quantitative estimate of drug-likeness (QED) is 0.844. The average molecular weight is 319 g/mol. The lowest BCUT2D eigenvalue weighted by Crippen LogP contribution is -2.22. The number of nitrogens with one attached hydrogen (secondary N) is 1. The van der Waals surface area contributed by atoms with Crippen molar-refractivity contribution in [3.8, 4) is 0 Å². The van der Waals surface area contributed by atoms with Gasteiger partial charge in [-0.05, 0) is 60.9 Å². The van der Waals surface area contributed by atoms with Crippen LogP contribution in [0.15, 0.2) is 16.7 Å². The third-order valence-corrected chi connectivity index (χ3v) is 3.76. The van der Waals surface area contributed by atoms with Crippen LogP contribution in [0.3, 0.4) is 0 Å². The Morgan fingerprint density at radius 1 is 1.41 bits per heavy atom. The van der Waals surface area contributed by atoms with Crippen molar-refractivity contribution in [1.29, 1.82) is 0 Å². The zero-order valence-electron chi connectivity index (χ0n) is 9.75. The maximum atomic E-state index is 5.84. The van der Waals surface area contributed by atoms with E-state index in [9.17, 15) is 0 Å². The van der Waals surface area contributed by atoms with Crippen molar-refractivity contribution in [3.05, 3.63) is 21.8 Å². The van der Waals surface area contributed by atoms with E-state index in [-0.39, 0.29) is 0 Å².